The molecule has 0 unspecified atom stereocenters. The first kappa shape index (κ1) is 18.1. The number of amides is 1. The first-order valence-corrected chi connectivity index (χ1v) is 8.78. The lowest BCUT2D eigenvalue weighted by Gasteiger charge is -2.29. The highest BCUT2D eigenvalue weighted by Gasteiger charge is 2.26. The quantitative estimate of drug-likeness (QED) is 0.766. The summed E-state index contributed by atoms with van der Waals surface area (Å²) in [5.41, 5.74) is 0.796. The lowest BCUT2D eigenvalue weighted by atomic mass is 9.96. The molecule has 0 aliphatic carbocycles. The Morgan fingerprint density at radius 3 is 2.92 bits per heavy atom. The number of nitrogens with one attached hydrogen (secondary N) is 1. The van der Waals surface area contributed by atoms with Crippen LogP contribution in [0.1, 0.15) is 24.6 Å². The summed E-state index contributed by atoms with van der Waals surface area (Å²) in [5, 5.41) is 6.97. The topological polar surface area (TPSA) is 80.5 Å². The van der Waals surface area contributed by atoms with E-state index in [9.17, 15) is 4.79 Å². The predicted octanol–water partition coefficient (Wildman–Crippen LogP) is 2.23. The van der Waals surface area contributed by atoms with Gasteiger partial charge in [-0.3, -0.25) is 9.69 Å². The number of ether oxygens (including phenoxy) is 1. The fourth-order valence-electron chi connectivity index (χ4n) is 3.13. The number of benzene rings is 1. The Kier molecular flexibility index (Phi) is 6.01. The van der Waals surface area contributed by atoms with E-state index in [1.165, 1.54) is 0 Å². The van der Waals surface area contributed by atoms with E-state index >= 15 is 0 Å². The number of hydrogen-bond acceptors (Lipinski definition) is 6. The molecule has 1 aliphatic rings. The van der Waals surface area contributed by atoms with Gasteiger partial charge in [-0.2, -0.15) is 4.98 Å². The van der Waals surface area contributed by atoms with Crippen molar-refractivity contribution in [1.82, 2.24) is 20.4 Å². The Labute approximate surface area is 153 Å². The minimum absolute atomic E-state index is 0.0290. The number of piperidine rings is 1. The number of likely N-dealkylation sites (tertiary alicyclic amines) is 1. The maximum atomic E-state index is 11.8. The molecular weight excluding hydrogens is 332 g/mol. The van der Waals surface area contributed by atoms with E-state index in [1.54, 1.807) is 13.2 Å². The van der Waals surface area contributed by atoms with Crippen molar-refractivity contribution in [2.24, 2.45) is 0 Å². The number of aromatic nitrogens is 2. The first-order valence-electron chi connectivity index (χ1n) is 8.78. The van der Waals surface area contributed by atoms with Crippen molar-refractivity contribution in [3.8, 4) is 17.2 Å². The molecule has 2 heterocycles. The molecule has 1 aromatic carbocycles. The number of nitrogens with zero attached hydrogens (tertiary/aromatic N) is 3. The molecule has 3 rings (SSSR count). The third kappa shape index (κ3) is 4.29. The molecule has 1 amide bonds. The monoisotopic (exact) mass is 356 g/mol. The molecule has 0 bridgehead atoms. The molecular formula is C19H24N4O3. The van der Waals surface area contributed by atoms with Crippen molar-refractivity contribution >= 4 is 5.91 Å². The van der Waals surface area contributed by atoms with E-state index in [0.29, 0.717) is 24.7 Å². The smallest absolute Gasteiger partial charge is 0.261 e. The lowest BCUT2D eigenvalue weighted by molar-refractivity contribution is -0.122. The van der Waals surface area contributed by atoms with Crippen LogP contribution in [0.5, 0.6) is 5.75 Å². The number of rotatable bonds is 7. The number of carbonyl (C=O) groups excluding carboxylic acids is 1. The fraction of sp³-hybridized carbons (Fsp3) is 0.421. The third-order valence-corrected chi connectivity index (χ3v) is 4.54. The van der Waals surface area contributed by atoms with Crippen LogP contribution in [0.25, 0.3) is 11.5 Å². The zero-order valence-electron chi connectivity index (χ0n) is 15.0. The molecule has 7 heteroatoms. The van der Waals surface area contributed by atoms with E-state index in [2.05, 4.69) is 26.9 Å². The average molecular weight is 356 g/mol. The molecule has 1 N–H and O–H groups in total. The van der Waals surface area contributed by atoms with Crippen LogP contribution in [0.3, 0.4) is 0 Å². The zero-order chi connectivity index (χ0) is 18.4. The first-order chi connectivity index (χ1) is 12.7. The van der Waals surface area contributed by atoms with E-state index in [-0.39, 0.29) is 11.8 Å². The summed E-state index contributed by atoms with van der Waals surface area (Å²) >= 11 is 0. The molecule has 1 saturated heterocycles. The molecule has 1 aromatic heterocycles. The Morgan fingerprint density at radius 2 is 2.19 bits per heavy atom. The maximum Gasteiger partial charge on any atom is 0.261 e. The van der Waals surface area contributed by atoms with Gasteiger partial charge in [-0.1, -0.05) is 23.4 Å². The lowest BCUT2D eigenvalue weighted by Crippen LogP contribution is -2.41. The summed E-state index contributed by atoms with van der Waals surface area (Å²) in [5.74, 6) is 2.18. The number of methoxy groups -OCH3 is 1. The van der Waals surface area contributed by atoms with Gasteiger partial charge in [0.1, 0.15) is 5.75 Å². The molecule has 0 atom stereocenters. The van der Waals surface area contributed by atoms with Gasteiger partial charge >= 0.3 is 0 Å². The second kappa shape index (κ2) is 8.62. The molecule has 1 fully saturated rings. The van der Waals surface area contributed by atoms with Crippen molar-refractivity contribution in [2.75, 3.05) is 33.3 Å². The highest BCUT2D eigenvalue weighted by Crippen LogP contribution is 2.31. The summed E-state index contributed by atoms with van der Waals surface area (Å²) < 4.78 is 10.8. The molecule has 7 nitrogen and oxygen atoms in total. The molecule has 1 aliphatic heterocycles. The molecule has 2 aromatic rings. The maximum absolute atomic E-state index is 11.8. The number of para-hydroxylation sites is 1. The van der Waals surface area contributed by atoms with Crippen LogP contribution < -0.4 is 10.1 Å². The van der Waals surface area contributed by atoms with Crippen molar-refractivity contribution in [3.63, 3.8) is 0 Å². The van der Waals surface area contributed by atoms with Crippen molar-refractivity contribution in [2.45, 2.75) is 18.8 Å². The van der Waals surface area contributed by atoms with Gasteiger partial charge in [0.25, 0.3) is 5.89 Å². The van der Waals surface area contributed by atoms with Crippen LogP contribution in [0.2, 0.25) is 0 Å². The van der Waals surface area contributed by atoms with E-state index in [1.807, 2.05) is 24.3 Å². The van der Waals surface area contributed by atoms with Crippen molar-refractivity contribution in [3.05, 3.63) is 42.7 Å². The molecule has 138 valence electrons. The Balaban J connectivity index is 1.58. The summed E-state index contributed by atoms with van der Waals surface area (Å²) in [6.07, 6.45) is 3.49. The van der Waals surface area contributed by atoms with Gasteiger partial charge in [0.05, 0.1) is 19.2 Å². The zero-order valence-corrected chi connectivity index (χ0v) is 15.0. The molecule has 0 radical (unpaired) electrons. The Bertz CT molecular complexity index is 751. The summed E-state index contributed by atoms with van der Waals surface area (Å²) in [6, 6.07) is 7.59. The highest BCUT2D eigenvalue weighted by molar-refractivity contribution is 5.78. The average Bonchev–Trinajstić information content (AvgIpc) is 3.17. The van der Waals surface area contributed by atoms with Crippen molar-refractivity contribution < 1.29 is 14.1 Å². The van der Waals surface area contributed by atoms with Gasteiger partial charge in [-0.05, 0) is 38.1 Å². The van der Waals surface area contributed by atoms with E-state index in [0.717, 1.165) is 37.3 Å². The van der Waals surface area contributed by atoms with Crippen LogP contribution in [-0.4, -0.2) is 54.2 Å². The standard InChI is InChI=1S/C19H24N4O3/c1-3-10-20-17(24)13-23-11-8-14(9-12-23)18-21-19(26-22-18)15-6-4-5-7-16(15)25-2/h3-7,14H,1,8-13H2,2H3,(H,20,24). The van der Waals surface area contributed by atoms with Crippen molar-refractivity contribution in [1.29, 1.82) is 0 Å². The van der Waals surface area contributed by atoms with E-state index < -0.39 is 0 Å². The minimum atomic E-state index is 0.0290. The fourth-order valence-corrected chi connectivity index (χ4v) is 3.13. The Hall–Kier alpha value is -2.67. The summed E-state index contributed by atoms with van der Waals surface area (Å²) in [6.45, 7) is 6.19. The predicted molar refractivity (Wildman–Crippen MR) is 97.9 cm³/mol. The van der Waals surface area contributed by atoms with E-state index in [4.69, 9.17) is 9.26 Å². The SMILES string of the molecule is C=CCNC(=O)CN1CCC(c2noc(-c3ccccc3OC)n2)CC1. The number of carbonyl (C=O) groups is 1. The molecule has 26 heavy (non-hydrogen) atoms. The largest absolute Gasteiger partial charge is 0.496 e. The minimum Gasteiger partial charge on any atom is -0.496 e. The van der Waals surface area contributed by atoms with Crippen LogP contribution in [0.15, 0.2) is 41.4 Å². The van der Waals surface area contributed by atoms with Crippen LogP contribution in [0.4, 0.5) is 0 Å². The van der Waals surface area contributed by atoms with Gasteiger partial charge in [0.2, 0.25) is 5.91 Å². The second-order valence-electron chi connectivity index (χ2n) is 6.30. The van der Waals surface area contributed by atoms with Gasteiger partial charge in [0.15, 0.2) is 5.82 Å². The van der Waals surface area contributed by atoms with Gasteiger partial charge in [0, 0.05) is 12.5 Å². The van der Waals surface area contributed by atoms with Gasteiger partial charge in [-0.25, -0.2) is 0 Å². The third-order valence-electron chi connectivity index (χ3n) is 4.54. The molecule has 0 saturated carbocycles. The Morgan fingerprint density at radius 1 is 1.42 bits per heavy atom. The van der Waals surface area contributed by atoms with Gasteiger partial charge in [-0.15, -0.1) is 6.58 Å². The highest BCUT2D eigenvalue weighted by atomic mass is 16.5. The second-order valence-corrected chi connectivity index (χ2v) is 6.30. The van der Waals surface area contributed by atoms with Crippen LogP contribution >= 0.6 is 0 Å². The summed E-state index contributed by atoms with van der Waals surface area (Å²) in [4.78, 5) is 18.5. The van der Waals surface area contributed by atoms with Gasteiger partial charge < -0.3 is 14.6 Å². The van der Waals surface area contributed by atoms with Crippen LogP contribution in [0, 0.1) is 0 Å². The molecule has 0 spiro atoms. The van der Waals surface area contributed by atoms with Crippen LogP contribution in [-0.2, 0) is 4.79 Å². The summed E-state index contributed by atoms with van der Waals surface area (Å²) in [7, 11) is 1.62. The number of hydrogen-bond donors (Lipinski definition) is 1. The normalized spacial score (nSPS) is 15.6.